The molecule has 0 saturated carbocycles. The van der Waals surface area contributed by atoms with Crippen LogP contribution in [-0.2, 0) is 0 Å². The molecule has 3 nitrogen and oxygen atoms in total. The minimum absolute atomic E-state index is 0.315. The van der Waals surface area contributed by atoms with Gasteiger partial charge in [-0.25, -0.2) is 4.39 Å². The Morgan fingerprint density at radius 2 is 2.05 bits per heavy atom. The van der Waals surface area contributed by atoms with Crippen molar-refractivity contribution < 1.29 is 9.13 Å². The SMILES string of the molecule is CCOc1cc(Nc2ccc(F)cc2Cl)ccc1N. The molecule has 0 radical (unpaired) electrons. The summed E-state index contributed by atoms with van der Waals surface area (Å²) in [5, 5.41) is 3.41. The van der Waals surface area contributed by atoms with Gasteiger partial charge in [-0.2, -0.15) is 0 Å². The second-order valence-electron chi connectivity index (χ2n) is 3.93. The maximum atomic E-state index is 13.0. The lowest BCUT2D eigenvalue weighted by atomic mass is 10.2. The van der Waals surface area contributed by atoms with Gasteiger partial charge in [0.25, 0.3) is 0 Å². The number of nitrogen functional groups attached to an aromatic ring is 1. The summed E-state index contributed by atoms with van der Waals surface area (Å²) in [6.07, 6.45) is 0. The van der Waals surface area contributed by atoms with Gasteiger partial charge in [0, 0.05) is 11.8 Å². The molecule has 3 N–H and O–H groups in total. The molecular weight excluding hydrogens is 267 g/mol. The van der Waals surface area contributed by atoms with E-state index in [1.54, 1.807) is 24.3 Å². The van der Waals surface area contributed by atoms with E-state index in [1.165, 1.54) is 12.1 Å². The fourth-order valence-electron chi connectivity index (χ4n) is 1.64. The van der Waals surface area contributed by atoms with E-state index in [1.807, 2.05) is 6.92 Å². The lowest BCUT2D eigenvalue weighted by Crippen LogP contribution is -1.98. The Morgan fingerprint density at radius 1 is 1.26 bits per heavy atom. The quantitative estimate of drug-likeness (QED) is 0.825. The van der Waals surface area contributed by atoms with Gasteiger partial charge >= 0.3 is 0 Å². The largest absolute Gasteiger partial charge is 0.492 e. The van der Waals surface area contributed by atoms with Crippen molar-refractivity contribution in [2.24, 2.45) is 0 Å². The van der Waals surface area contributed by atoms with E-state index in [2.05, 4.69) is 5.32 Å². The van der Waals surface area contributed by atoms with Crippen LogP contribution in [0.25, 0.3) is 0 Å². The van der Waals surface area contributed by atoms with Gasteiger partial charge < -0.3 is 15.8 Å². The third kappa shape index (κ3) is 3.29. The van der Waals surface area contributed by atoms with E-state index >= 15 is 0 Å². The Hall–Kier alpha value is -1.94. The van der Waals surface area contributed by atoms with Gasteiger partial charge in [0.2, 0.25) is 0 Å². The predicted octanol–water partition coefficient (Wildman–Crippen LogP) is 4.20. The third-order valence-corrected chi connectivity index (χ3v) is 2.84. The van der Waals surface area contributed by atoms with Gasteiger partial charge in [-0.05, 0) is 37.3 Å². The first kappa shape index (κ1) is 13.5. The van der Waals surface area contributed by atoms with E-state index in [0.717, 1.165) is 5.69 Å². The number of halogens is 2. The molecule has 0 aliphatic heterocycles. The van der Waals surface area contributed by atoms with Crippen LogP contribution in [0.2, 0.25) is 5.02 Å². The molecule has 2 aromatic rings. The first-order chi connectivity index (χ1) is 9.10. The Kier molecular flexibility index (Phi) is 4.12. The van der Waals surface area contributed by atoms with Gasteiger partial charge in [0.15, 0.2) is 0 Å². The number of hydrogen-bond donors (Lipinski definition) is 2. The van der Waals surface area contributed by atoms with Gasteiger partial charge in [0.05, 0.1) is 23.0 Å². The van der Waals surface area contributed by atoms with Crippen LogP contribution in [-0.4, -0.2) is 6.61 Å². The summed E-state index contributed by atoms with van der Waals surface area (Å²) in [5.41, 5.74) is 7.75. The van der Waals surface area contributed by atoms with Crippen LogP contribution in [0.5, 0.6) is 5.75 Å². The van der Waals surface area contributed by atoms with Crippen LogP contribution in [0.3, 0.4) is 0 Å². The molecule has 0 bridgehead atoms. The van der Waals surface area contributed by atoms with Crippen molar-refractivity contribution >= 4 is 28.7 Å². The lowest BCUT2D eigenvalue weighted by molar-refractivity contribution is 0.342. The van der Waals surface area contributed by atoms with Crippen LogP contribution in [0.4, 0.5) is 21.5 Å². The fraction of sp³-hybridized carbons (Fsp3) is 0.143. The van der Waals surface area contributed by atoms with Crippen molar-refractivity contribution in [3.05, 3.63) is 47.2 Å². The summed E-state index contributed by atoms with van der Waals surface area (Å²) >= 11 is 5.95. The smallest absolute Gasteiger partial charge is 0.144 e. The molecule has 0 amide bonds. The summed E-state index contributed by atoms with van der Waals surface area (Å²) in [6, 6.07) is 9.49. The van der Waals surface area contributed by atoms with Crippen molar-refractivity contribution in [1.82, 2.24) is 0 Å². The highest BCUT2D eigenvalue weighted by Crippen LogP contribution is 2.30. The van der Waals surface area contributed by atoms with Gasteiger partial charge in [-0.1, -0.05) is 11.6 Å². The van der Waals surface area contributed by atoms with Gasteiger partial charge in [-0.15, -0.1) is 0 Å². The Labute approximate surface area is 116 Å². The van der Waals surface area contributed by atoms with Gasteiger partial charge in [-0.3, -0.25) is 0 Å². The maximum Gasteiger partial charge on any atom is 0.144 e. The number of nitrogens with two attached hydrogens (primary N) is 1. The molecule has 0 heterocycles. The second kappa shape index (κ2) is 5.80. The number of nitrogens with one attached hydrogen (secondary N) is 1. The summed E-state index contributed by atoms with van der Waals surface area (Å²) < 4.78 is 18.4. The molecule has 0 atom stereocenters. The van der Waals surface area contributed by atoms with Crippen molar-refractivity contribution in [2.45, 2.75) is 6.92 Å². The van der Waals surface area contributed by atoms with Crippen LogP contribution in [0.15, 0.2) is 36.4 Å². The van der Waals surface area contributed by atoms with Crippen molar-refractivity contribution in [3.8, 4) is 5.75 Å². The molecule has 0 fully saturated rings. The summed E-state index contributed by atoms with van der Waals surface area (Å²) in [5.74, 6) is 0.230. The Morgan fingerprint density at radius 3 is 2.74 bits per heavy atom. The molecule has 0 aromatic heterocycles. The second-order valence-corrected chi connectivity index (χ2v) is 4.34. The molecular formula is C14H14ClFN2O. The zero-order chi connectivity index (χ0) is 13.8. The zero-order valence-corrected chi connectivity index (χ0v) is 11.2. The van der Waals surface area contributed by atoms with Crippen molar-refractivity contribution in [1.29, 1.82) is 0 Å². The molecule has 19 heavy (non-hydrogen) atoms. The van der Waals surface area contributed by atoms with E-state index in [4.69, 9.17) is 22.1 Å². The Balaban J connectivity index is 2.25. The standard InChI is InChI=1S/C14H14ClFN2O/c1-2-19-14-8-10(4-5-12(14)17)18-13-6-3-9(16)7-11(13)15/h3-8,18H,2,17H2,1H3. The van der Waals surface area contributed by atoms with Crippen LogP contribution in [0.1, 0.15) is 6.92 Å². The summed E-state index contributed by atoms with van der Waals surface area (Å²) in [6.45, 7) is 2.42. The average Bonchev–Trinajstić information content (AvgIpc) is 2.37. The molecule has 0 saturated heterocycles. The predicted molar refractivity (Wildman–Crippen MR) is 76.7 cm³/mol. The summed E-state index contributed by atoms with van der Waals surface area (Å²) in [4.78, 5) is 0. The van der Waals surface area contributed by atoms with E-state index < -0.39 is 0 Å². The molecule has 0 spiro atoms. The third-order valence-electron chi connectivity index (χ3n) is 2.52. The molecule has 2 rings (SSSR count). The lowest BCUT2D eigenvalue weighted by Gasteiger charge is -2.12. The monoisotopic (exact) mass is 280 g/mol. The van der Waals surface area contributed by atoms with E-state index in [-0.39, 0.29) is 5.82 Å². The average molecular weight is 281 g/mol. The first-order valence-corrected chi connectivity index (χ1v) is 6.22. The molecule has 0 aliphatic rings. The number of ether oxygens (including phenoxy) is 1. The van der Waals surface area contributed by atoms with E-state index in [9.17, 15) is 4.39 Å². The van der Waals surface area contributed by atoms with Crippen molar-refractivity contribution in [2.75, 3.05) is 17.7 Å². The highest BCUT2D eigenvalue weighted by atomic mass is 35.5. The first-order valence-electron chi connectivity index (χ1n) is 5.84. The van der Waals surface area contributed by atoms with Crippen LogP contribution < -0.4 is 15.8 Å². The normalized spacial score (nSPS) is 10.3. The number of hydrogen-bond acceptors (Lipinski definition) is 3. The minimum atomic E-state index is -0.372. The molecule has 100 valence electrons. The fourth-order valence-corrected chi connectivity index (χ4v) is 1.85. The topological polar surface area (TPSA) is 47.3 Å². The Bertz CT molecular complexity index is 590. The van der Waals surface area contributed by atoms with Gasteiger partial charge in [0.1, 0.15) is 11.6 Å². The molecule has 0 aliphatic carbocycles. The molecule has 0 unspecified atom stereocenters. The zero-order valence-electron chi connectivity index (χ0n) is 10.4. The summed E-state index contributed by atoms with van der Waals surface area (Å²) in [7, 11) is 0. The number of anilines is 3. The van der Waals surface area contributed by atoms with E-state index in [0.29, 0.717) is 28.8 Å². The van der Waals surface area contributed by atoms with Crippen LogP contribution >= 0.6 is 11.6 Å². The van der Waals surface area contributed by atoms with Crippen LogP contribution in [0, 0.1) is 5.82 Å². The number of rotatable bonds is 4. The molecule has 2 aromatic carbocycles. The van der Waals surface area contributed by atoms with Crippen molar-refractivity contribution in [3.63, 3.8) is 0 Å². The number of benzene rings is 2. The minimum Gasteiger partial charge on any atom is -0.492 e. The highest BCUT2D eigenvalue weighted by Gasteiger charge is 2.05. The maximum absolute atomic E-state index is 13.0. The highest BCUT2D eigenvalue weighted by molar-refractivity contribution is 6.33. The molecule has 5 heteroatoms.